The lowest BCUT2D eigenvalue weighted by molar-refractivity contribution is 0.148. The van der Waals surface area contributed by atoms with Crippen molar-refractivity contribution in [3.63, 3.8) is 0 Å². The molecule has 0 saturated heterocycles. The number of unbranched alkanes of at least 4 members (excludes halogenated alkanes) is 9. The van der Waals surface area contributed by atoms with E-state index in [0.717, 1.165) is 12.8 Å². The maximum absolute atomic E-state index is 9.68. The number of hydrogen-bond acceptors (Lipinski definition) is 2. The maximum Gasteiger partial charge on any atom is 0.466 e. The van der Waals surface area contributed by atoms with E-state index in [2.05, 4.69) is 13.8 Å². The zero-order chi connectivity index (χ0) is 17.3. The van der Waals surface area contributed by atoms with Crippen LogP contribution in [-0.4, -0.2) is 25.9 Å². The molecule has 1 unspecified atom stereocenters. The SMILES string of the molecule is CCCCCCCCCCCC(O)CCCC.O=P(O)(O)O. The van der Waals surface area contributed by atoms with Gasteiger partial charge in [-0.15, -0.1) is 0 Å². The van der Waals surface area contributed by atoms with E-state index in [1.807, 2.05) is 0 Å². The molecule has 0 aromatic rings. The summed E-state index contributed by atoms with van der Waals surface area (Å²) in [6.07, 6.45) is 16.7. The molecule has 0 aromatic heterocycles. The third kappa shape index (κ3) is 32.1. The zero-order valence-corrected chi connectivity index (χ0v) is 15.3. The minimum absolute atomic E-state index is 0.0282. The first kappa shape index (κ1) is 24.3. The molecule has 0 aliphatic carbocycles. The Morgan fingerprint density at radius 1 is 0.682 bits per heavy atom. The number of aliphatic hydroxyl groups excluding tert-OH is 1. The van der Waals surface area contributed by atoms with Crippen LogP contribution in [0.1, 0.15) is 97.3 Å². The summed E-state index contributed by atoms with van der Waals surface area (Å²) in [5.74, 6) is 0. The first-order valence-corrected chi connectivity index (χ1v) is 10.3. The van der Waals surface area contributed by atoms with Gasteiger partial charge < -0.3 is 19.8 Å². The first-order chi connectivity index (χ1) is 10.3. The Bertz CT molecular complexity index is 247. The van der Waals surface area contributed by atoms with Gasteiger partial charge in [0.05, 0.1) is 6.10 Å². The van der Waals surface area contributed by atoms with Gasteiger partial charge in [0.15, 0.2) is 0 Å². The van der Waals surface area contributed by atoms with Crippen LogP contribution in [0.2, 0.25) is 0 Å². The van der Waals surface area contributed by atoms with Crippen LogP contribution in [0.25, 0.3) is 0 Å². The summed E-state index contributed by atoms with van der Waals surface area (Å²) in [5, 5.41) is 9.68. The average Bonchev–Trinajstić information content (AvgIpc) is 2.41. The van der Waals surface area contributed by atoms with Gasteiger partial charge in [0.25, 0.3) is 0 Å². The lowest BCUT2D eigenvalue weighted by Gasteiger charge is -2.09. The first-order valence-electron chi connectivity index (χ1n) is 8.77. The van der Waals surface area contributed by atoms with Crippen LogP contribution in [0.4, 0.5) is 0 Å². The largest absolute Gasteiger partial charge is 0.466 e. The fourth-order valence-corrected chi connectivity index (χ4v) is 2.27. The van der Waals surface area contributed by atoms with E-state index < -0.39 is 7.82 Å². The summed E-state index contributed by atoms with van der Waals surface area (Å²) >= 11 is 0. The average molecular weight is 340 g/mol. The molecule has 0 fully saturated rings. The van der Waals surface area contributed by atoms with E-state index in [1.165, 1.54) is 70.6 Å². The van der Waals surface area contributed by atoms with Gasteiger partial charge in [-0.3, -0.25) is 0 Å². The van der Waals surface area contributed by atoms with Gasteiger partial charge in [0.1, 0.15) is 0 Å². The van der Waals surface area contributed by atoms with E-state index >= 15 is 0 Å². The van der Waals surface area contributed by atoms with Crippen LogP contribution in [0.5, 0.6) is 0 Å². The Labute approximate surface area is 136 Å². The summed E-state index contributed by atoms with van der Waals surface area (Å²) in [7, 11) is -4.64. The lowest BCUT2D eigenvalue weighted by atomic mass is 10.0. The third-order valence-electron chi connectivity index (χ3n) is 3.53. The van der Waals surface area contributed by atoms with Crippen LogP contribution >= 0.6 is 7.82 Å². The summed E-state index contributed by atoms with van der Waals surface area (Å²) in [6.45, 7) is 4.45. The topological polar surface area (TPSA) is 98.0 Å². The summed E-state index contributed by atoms with van der Waals surface area (Å²) in [5.41, 5.74) is 0. The Morgan fingerprint density at radius 2 is 1.00 bits per heavy atom. The van der Waals surface area contributed by atoms with Crippen molar-refractivity contribution in [1.82, 2.24) is 0 Å². The van der Waals surface area contributed by atoms with Gasteiger partial charge in [0, 0.05) is 0 Å². The number of phosphoric acid groups is 1. The van der Waals surface area contributed by atoms with Gasteiger partial charge in [-0.25, -0.2) is 4.57 Å². The number of aliphatic hydroxyl groups is 1. The molecule has 0 rings (SSSR count). The fraction of sp³-hybridized carbons (Fsp3) is 1.00. The van der Waals surface area contributed by atoms with Crippen molar-refractivity contribution < 1.29 is 24.4 Å². The van der Waals surface area contributed by atoms with E-state index in [1.54, 1.807) is 0 Å². The lowest BCUT2D eigenvalue weighted by Crippen LogP contribution is -2.05. The molecule has 0 heterocycles. The molecule has 136 valence electrons. The molecule has 0 aliphatic rings. The summed E-state index contributed by atoms with van der Waals surface area (Å²) in [4.78, 5) is 21.6. The quantitative estimate of drug-likeness (QED) is 0.292. The Balaban J connectivity index is 0. The van der Waals surface area contributed by atoms with Crippen LogP contribution in [0.15, 0.2) is 0 Å². The highest BCUT2D eigenvalue weighted by molar-refractivity contribution is 7.45. The second-order valence-corrected chi connectivity index (χ2v) is 6.95. The Morgan fingerprint density at radius 3 is 1.41 bits per heavy atom. The smallest absolute Gasteiger partial charge is 0.393 e. The molecular weight excluding hydrogens is 303 g/mol. The summed E-state index contributed by atoms with van der Waals surface area (Å²) in [6, 6.07) is 0. The molecule has 0 aliphatic heterocycles. The van der Waals surface area contributed by atoms with Crippen LogP contribution < -0.4 is 0 Å². The molecule has 6 heteroatoms. The van der Waals surface area contributed by atoms with Crippen molar-refractivity contribution in [3.05, 3.63) is 0 Å². The molecule has 0 saturated carbocycles. The van der Waals surface area contributed by atoms with Gasteiger partial charge in [-0.05, 0) is 12.8 Å². The van der Waals surface area contributed by atoms with Crippen molar-refractivity contribution in [1.29, 1.82) is 0 Å². The number of rotatable bonds is 13. The molecule has 0 amide bonds. The zero-order valence-electron chi connectivity index (χ0n) is 14.4. The van der Waals surface area contributed by atoms with Crippen molar-refractivity contribution in [2.75, 3.05) is 0 Å². The van der Waals surface area contributed by atoms with E-state index in [0.29, 0.717) is 0 Å². The monoisotopic (exact) mass is 340 g/mol. The van der Waals surface area contributed by atoms with Crippen LogP contribution in [0.3, 0.4) is 0 Å². The predicted molar refractivity (Wildman–Crippen MR) is 91.6 cm³/mol. The minimum atomic E-state index is -4.64. The second-order valence-electron chi connectivity index (χ2n) is 5.93. The third-order valence-corrected chi connectivity index (χ3v) is 3.53. The normalized spacial score (nSPS) is 12.6. The Kier molecular flexibility index (Phi) is 19.3. The molecule has 0 radical (unpaired) electrons. The molecule has 0 spiro atoms. The molecule has 1 atom stereocenters. The van der Waals surface area contributed by atoms with Crippen LogP contribution in [0, 0.1) is 0 Å². The van der Waals surface area contributed by atoms with Gasteiger partial charge in [-0.1, -0.05) is 84.5 Å². The van der Waals surface area contributed by atoms with Crippen LogP contribution in [-0.2, 0) is 4.57 Å². The molecule has 22 heavy (non-hydrogen) atoms. The van der Waals surface area contributed by atoms with E-state index in [9.17, 15) is 5.11 Å². The molecular formula is C16H37O5P. The van der Waals surface area contributed by atoms with Crippen molar-refractivity contribution in [3.8, 4) is 0 Å². The van der Waals surface area contributed by atoms with Crippen molar-refractivity contribution in [2.45, 2.75) is 103 Å². The highest BCUT2D eigenvalue weighted by atomic mass is 31.2. The fourth-order valence-electron chi connectivity index (χ4n) is 2.27. The second kappa shape index (κ2) is 17.4. The highest BCUT2D eigenvalue weighted by Gasteiger charge is 2.02. The standard InChI is InChI=1S/C16H34O.H3O4P/c1-3-5-7-8-9-10-11-12-13-15-16(17)14-6-4-2;1-5(2,3)4/h16-17H,3-15H2,1-2H3;(H3,1,2,3,4). The molecule has 0 aromatic carbocycles. The highest BCUT2D eigenvalue weighted by Crippen LogP contribution is 2.25. The van der Waals surface area contributed by atoms with Crippen molar-refractivity contribution in [2.24, 2.45) is 0 Å². The van der Waals surface area contributed by atoms with E-state index in [4.69, 9.17) is 19.2 Å². The molecule has 5 nitrogen and oxygen atoms in total. The van der Waals surface area contributed by atoms with Gasteiger partial charge in [-0.2, -0.15) is 0 Å². The summed E-state index contributed by atoms with van der Waals surface area (Å²) < 4.78 is 8.88. The minimum Gasteiger partial charge on any atom is -0.393 e. The molecule has 0 bridgehead atoms. The predicted octanol–water partition coefficient (Wildman–Crippen LogP) is 4.53. The number of hydrogen-bond donors (Lipinski definition) is 4. The maximum atomic E-state index is 9.68. The van der Waals surface area contributed by atoms with Crippen molar-refractivity contribution >= 4 is 7.82 Å². The molecule has 4 N–H and O–H groups in total. The van der Waals surface area contributed by atoms with Gasteiger partial charge in [0.2, 0.25) is 0 Å². The van der Waals surface area contributed by atoms with Gasteiger partial charge >= 0.3 is 7.82 Å². The Hall–Kier alpha value is 0.0700. The van der Waals surface area contributed by atoms with E-state index in [-0.39, 0.29) is 6.10 Å².